The molecule has 18 heavy (non-hydrogen) atoms. The van der Waals surface area contributed by atoms with Crippen LogP contribution >= 0.6 is 0 Å². The van der Waals surface area contributed by atoms with Crippen LogP contribution in [-0.4, -0.2) is 48.6 Å². The third-order valence-electron chi connectivity index (χ3n) is 3.66. The fourth-order valence-electron chi connectivity index (χ4n) is 2.70. The van der Waals surface area contributed by atoms with Crippen LogP contribution in [-0.2, 0) is 9.59 Å². The average Bonchev–Trinajstić information content (AvgIpc) is 2.77. The Morgan fingerprint density at radius 2 is 2.17 bits per heavy atom. The highest BCUT2D eigenvalue weighted by atomic mass is 16.4. The summed E-state index contributed by atoms with van der Waals surface area (Å²) < 4.78 is 0. The second-order valence-electron chi connectivity index (χ2n) is 5.18. The van der Waals surface area contributed by atoms with Gasteiger partial charge in [0.1, 0.15) is 0 Å². The Labute approximate surface area is 109 Å². The predicted molar refractivity (Wildman–Crippen MR) is 69.3 cm³/mol. The molecule has 0 aromatic heterocycles. The highest BCUT2D eigenvalue weighted by Gasteiger charge is 2.41. The zero-order chi connectivity index (χ0) is 13.6. The van der Waals surface area contributed by atoms with Gasteiger partial charge in [0.15, 0.2) is 0 Å². The van der Waals surface area contributed by atoms with Crippen molar-refractivity contribution < 1.29 is 14.7 Å². The molecule has 1 aliphatic heterocycles. The number of carbonyl (C=O) groups is 2. The number of carboxylic acid groups (broad SMARTS) is 1. The van der Waals surface area contributed by atoms with E-state index in [4.69, 9.17) is 5.11 Å². The molecular formula is C13H24N2O3. The number of nitrogens with one attached hydrogen (secondary N) is 1. The number of hydrogen-bond acceptors (Lipinski definition) is 3. The standard InChI is InChI=1S/C13H24N2O3/c1-3-6-13(7-8-14-10-13)12(18)15(2)9-4-5-11(16)17/h14H,3-10H2,1-2H3,(H,16,17). The van der Waals surface area contributed by atoms with Crippen molar-refractivity contribution in [3.8, 4) is 0 Å². The molecule has 5 nitrogen and oxygen atoms in total. The van der Waals surface area contributed by atoms with Crippen LogP contribution in [0.2, 0.25) is 0 Å². The molecular weight excluding hydrogens is 232 g/mol. The van der Waals surface area contributed by atoms with Gasteiger partial charge in [0.2, 0.25) is 5.91 Å². The summed E-state index contributed by atoms with van der Waals surface area (Å²) in [5, 5.41) is 11.9. The summed E-state index contributed by atoms with van der Waals surface area (Å²) in [4.78, 5) is 24.6. The second-order valence-corrected chi connectivity index (χ2v) is 5.18. The van der Waals surface area contributed by atoms with Crippen LogP contribution in [0.15, 0.2) is 0 Å². The van der Waals surface area contributed by atoms with E-state index in [-0.39, 0.29) is 17.7 Å². The molecule has 1 unspecified atom stereocenters. The van der Waals surface area contributed by atoms with E-state index in [0.717, 1.165) is 32.4 Å². The van der Waals surface area contributed by atoms with E-state index < -0.39 is 5.97 Å². The van der Waals surface area contributed by atoms with Crippen LogP contribution < -0.4 is 5.32 Å². The van der Waals surface area contributed by atoms with Gasteiger partial charge >= 0.3 is 5.97 Å². The topological polar surface area (TPSA) is 69.6 Å². The van der Waals surface area contributed by atoms with E-state index in [1.165, 1.54) is 0 Å². The quantitative estimate of drug-likeness (QED) is 0.715. The molecule has 1 atom stereocenters. The number of carbonyl (C=O) groups excluding carboxylic acids is 1. The maximum atomic E-state index is 12.5. The van der Waals surface area contributed by atoms with Crippen LogP contribution in [0.3, 0.4) is 0 Å². The van der Waals surface area contributed by atoms with Gasteiger partial charge in [-0.2, -0.15) is 0 Å². The van der Waals surface area contributed by atoms with E-state index in [0.29, 0.717) is 13.0 Å². The lowest BCUT2D eigenvalue weighted by Gasteiger charge is -2.31. The van der Waals surface area contributed by atoms with Gasteiger partial charge in [0.05, 0.1) is 5.41 Å². The first-order chi connectivity index (χ1) is 8.52. The minimum atomic E-state index is -0.804. The molecule has 1 heterocycles. The van der Waals surface area contributed by atoms with Gasteiger partial charge in [0, 0.05) is 26.6 Å². The number of rotatable bonds is 7. The van der Waals surface area contributed by atoms with E-state index >= 15 is 0 Å². The number of hydrogen-bond donors (Lipinski definition) is 2. The second kappa shape index (κ2) is 6.73. The predicted octanol–water partition coefficient (Wildman–Crippen LogP) is 1.09. The molecule has 0 spiro atoms. The van der Waals surface area contributed by atoms with Crippen LogP contribution in [0.1, 0.15) is 39.0 Å². The molecule has 5 heteroatoms. The Morgan fingerprint density at radius 1 is 1.44 bits per heavy atom. The average molecular weight is 256 g/mol. The van der Waals surface area contributed by atoms with Crippen molar-refractivity contribution in [2.45, 2.75) is 39.0 Å². The lowest BCUT2D eigenvalue weighted by molar-refractivity contribution is -0.141. The molecule has 1 rings (SSSR count). The summed E-state index contributed by atoms with van der Waals surface area (Å²) >= 11 is 0. The Hall–Kier alpha value is -1.10. The number of aliphatic carboxylic acids is 1. The number of carboxylic acids is 1. The van der Waals surface area contributed by atoms with Crippen LogP contribution in [0.4, 0.5) is 0 Å². The normalized spacial score (nSPS) is 23.0. The molecule has 0 aromatic rings. The van der Waals surface area contributed by atoms with Crippen molar-refractivity contribution >= 4 is 11.9 Å². The first kappa shape index (κ1) is 15.0. The molecule has 1 saturated heterocycles. The van der Waals surface area contributed by atoms with Crippen LogP contribution in [0, 0.1) is 5.41 Å². The lowest BCUT2D eigenvalue weighted by Crippen LogP contribution is -2.44. The summed E-state index contributed by atoms with van der Waals surface area (Å²) in [5.74, 6) is -0.638. The van der Waals surface area contributed by atoms with E-state index in [1.807, 2.05) is 0 Å². The molecule has 0 aliphatic carbocycles. The molecule has 0 saturated carbocycles. The minimum absolute atomic E-state index is 0.122. The van der Waals surface area contributed by atoms with Crippen molar-refractivity contribution in [3.63, 3.8) is 0 Å². The summed E-state index contributed by atoms with van der Waals surface area (Å²) in [6.45, 7) is 4.27. The summed E-state index contributed by atoms with van der Waals surface area (Å²) in [5.41, 5.74) is -0.257. The van der Waals surface area contributed by atoms with Crippen molar-refractivity contribution in [2.24, 2.45) is 5.41 Å². The van der Waals surface area contributed by atoms with E-state index in [2.05, 4.69) is 12.2 Å². The molecule has 0 radical (unpaired) electrons. The molecule has 104 valence electrons. The van der Waals surface area contributed by atoms with Crippen LogP contribution in [0.5, 0.6) is 0 Å². The van der Waals surface area contributed by atoms with E-state index in [1.54, 1.807) is 11.9 Å². The first-order valence-electron chi connectivity index (χ1n) is 6.70. The molecule has 0 bridgehead atoms. The lowest BCUT2D eigenvalue weighted by atomic mass is 9.81. The summed E-state index contributed by atoms with van der Waals surface area (Å²) in [7, 11) is 1.78. The highest BCUT2D eigenvalue weighted by Crippen LogP contribution is 2.33. The number of amides is 1. The maximum absolute atomic E-state index is 12.5. The van der Waals surface area contributed by atoms with Crippen molar-refractivity contribution in [3.05, 3.63) is 0 Å². The third kappa shape index (κ3) is 3.70. The Morgan fingerprint density at radius 3 is 2.67 bits per heavy atom. The zero-order valence-electron chi connectivity index (χ0n) is 11.4. The smallest absolute Gasteiger partial charge is 0.303 e. The molecule has 2 N–H and O–H groups in total. The summed E-state index contributed by atoms with van der Waals surface area (Å²) in [6, 6.07) is 0. The van der Waals surface area contributed by atoms with Crippen LogP contribution in [0.25, 0.3) is 0 Å². The molecule has 1 amide bonds. The number of nitrogens with zero attached hydrogens (tertiary/aromatic N) is 1. The van der Waals surface area contributed by atoms with E-state index in [9.17, 15) is 9.59 Å². The fraction of sp³-hybridized carbons (Fsp3) is 0.846. The molecule has 1 aliphatic rings. The minimum Gasteiger partial charge on any atom is -0.481 e. The highest BCUT2D eigenvalue weighted by molar-refractivity contribution is 5.83. The SMILES string of the molecule is CCCC1(C(=O)N(C)CCCC(=O)O)CCNC1. The molecule has 1 fully saturated rings. The fourth-order valence-corrected chi connectivity index (χ4v) is 2.70. The first-order valence-corrected chi connectivity index (χ1v) is 6.70. The van der Waals surface area contributed by atoms with Crippen molar-refractivity contribution in [1.82, 2.24) is 10.2 Å². The Balaban J connectivity index is 2.52. The van der Waals surface area contributed by atoms with Gasteiger partial charge in [-0.3, -0.25) is 9.59 Å². The van der Waals surface area contributed by atoms with Crippen molar-refractivity contribution in [2.75, 3.05) is 26.7 Å². The van der Waals surface area contributed by atoms with Gasteiger partial charge < -0.3 is 15.3 Å². The summed E-state index contributed by atoms with van der Waals surface area (Å²) in [6.07, 6.45) is 3.44. The maximum Gasteiger partial charge on any atom is 0.303 e. The van der Waals surface area contributed by atoms with Gasteiger partial charge in [-0.25, -0.2) is 0 Å². The zero-order valence-corrected chi connectivity index (χ0v) is 11.4. The van der Waals surface area contributed by atoms with Crippen molar-refractivity contribution in [1.29, 1.82) is 0 Å². The van der Waals surface area contributed by atoms with Gasteiger partial charge in [-0.05, 0) is 25.8 Å². The molecule has 0 aromatic carbocycles. The largest absolute Gasteiger partial charge is 0.481 e. The third-order valence-corrected chi connectivity index (χ3v) is 3.66. The Kier molecular flexibility index (Phi) is 5.59. The van der Waals surface area contributed by atoms with Gasteiger partial charge in [-0.15, -0.1) is 0 Å². The van der Waals surface area contributed by atoms with Gasteiger partial charge in [-0.1, -0.05) is 13.3 Å². The monoisotopic (exact) mass is 256 g/mol. The Bertz CT molecular complexity index is 299. The van der Waals surface area contributed by atoms with Gasteiger partial charge in [0.25, 0.3) is 0 Å².